The SMILES string of the molecule is CSC(C)(OC(N)=O)c1c(C(=O)O)ccc2ccccc12. The van der Waals surface area contributed by atoms with E-state index in [1.165, 1.54) is 17.8 Å². The highest BCUT2D eigenvalue weighted by molar-refractivity contribution is 7.99. The molecule has 110 valence electrons. The number of hydrogen-bond acceptors (Lipinski definition) is 4. The number of primary amides is 1. The Bertz CT molecular complexity index is 716. The van der Waals surface area contributed by atoms with Crippen LogP contribution >= 0.6 is 11.8 Å². The largest absolute Gasteiger partial charge is 0.478 e. The second-order valence-electron chi connectivity index (χ2n) is 4.59. The Labute approximate surface area is 126 Å². The Hall–Kier alpha value is -2.21. The summed E-state index contributed by atoms with van der Waals surface area (Å²) in [5.74, 6) is -1.08. The number of thioether (sulfide) groups is 1. The highest BCUT2D eigenvalue weighted by atomic mass is 32.2. The molecule has 0 aromatic heterocycles. The third kappa shape index (κ3) is 2.80. The molecule has 0 saturated heterocycles. The highest BCUT2D eigenvalue weighted by Gasteiger charge is 2.35. The maximum absolute atomic E-state index is 11.5. The number of nitrogens with two attached hydrogens (primary N) is 1. The molecule has 1 amide bonds. The molecule has 0 spiro atoms. The van der Waals surface area contributed by atoms with Crippen molar-refractivity contribution >= 4 is 34.6 Å². The van der Waals surface area contributed by atoms with Gasteiger partial charge in [0.25, 0.3) is 0 Å². The molecule has 0 fully saturated rings. The van der Waals surface area contributed by atoms with Crippen LogP contribution in [-0.2, 0) is 9.67 Å². The minimum absolute atomic E-state index is 0.0896. The molecule has 2 aromatic carbocycles. The molecule has 1 unspecified atom stereocenters. The lowest BCUT2D eigenvalue weighted by Gasteiger charge is -2.29. The van der Waals surface area contributed by atoms with Crippen molar-refractivity contribution in [3.8, 4) is 0 Å². The molecule has 6 heteroatoms. The Balaban J connectivity index is 2.82. The second kappa shape index (κ2) is 5.65. The Morgan fingerprint density at radius 2 is 1.90 bits per heavy atom. The first-order chi connectivity index (χ1) is 9.89. The van der Waals surface area contributed by atoms with E-state index in [-0.39, 0.29) is 5.56 Å². The average Bonchev–Trinajstić information content (AvgIpc) is 2.45. The van der Waals surface area contributed by atoms with Crippen LogP contribution in [0.15, 0.2) is 36.4 Å². The van der Waals surface area contributed by atoms with E-state index < -0.39 is 17.0 Å². The minimum atomic E-state index is -1.18. The first-order valence-corrected chi connectivity index (χ1v) is 7.40. The van der Waals surface area contributed by atoms with Crippen LogP contribution in [0.25, 0.3) is 10.8 Å². The van der Waals surface area contributed by atoms with Gasteiger partial charge in [0, 0.05) is 5.56 Å². The van der Waals surface area contributed by atoms with Gasteiger partial charge in [0.1, 0.15) is 0 Å². The second-order valence-corrected chi connectivity index (χ2v) is 5.77. The molecule has 3 N–H and O–H groups in total. The summed E-state index contributed by atoms with van der Waals surface area (Å²) in [6, 6.07) is 10.6. The lowest BCUT2D eigenvalue weighted by Crippen LogP contribution is -2.30. The van der Waals surface area contributed by atoms with Crippen molar-refractivity contribution in [1.82, 2.24) is 0 Å². The van der Waals surface area contributed by atoms with Crippen molar-refractivity contribution in [3.63, 3.8) is 0 Å². The maximum atomic E-state index is 11.5. The van der Waals surface area contributed by atoms with Gasteiger partial charge >= 0.3 is 12.1 Å². The van der Waals surface area contributed by atoms with Gasteiger partial charge in [0.15, 0.2) is 4.93 Å². The zero-order chi connectivity index (χ0) is 15.6. The van der Waals surface area contributed by atoms with Crippen LogP contribution in [0.4, 0.5) is 4.79 Å². The molecule has 0 aliphatic rings. The number of carbonyl (C=O) groups is 2. The van der Waals surface area contributed by atoms with Crippen molar-refractivity contribution < 1.29 is 19.4 Å². The van der Waals surface area contributed by atoms with Crippen molar-refractivity contribution in [2.45, 2.75) is 11.9 Å². The van der Waals surface area contributed by atoms with Crippen LogP contribution in [0.2, 0.25) is 0 Å². The molecule has 0 radical (unpaired) electrons. The smallest absolute Gasteiger partial charge is 0.406 e. The molecule has 0 aliphatic carbocycles. The fourth-order valence-electron chi connectivity index (χ4n) is 2.33. The van der Waals surface area contributed by atoms with E-state index in [0.717, 1.165) is 10.8 Å². The van der Waals surface area contributed by atoms with Crippen molar-refractivity contribution in [2.75, 3.05) is 6.26 Å². The van der Waals surface area contributed by atoms with Gasteiger partial charge in [-0.3, -0.25) is 0 Å². The van der Waals surface area contributed by atoms with Gasteiger partial charge in [-0.25, -0.2) is 9.59 Å². The van der Waals surface area contributed by atoms with E-state index in [4.69, 9.17) is 10.5 Å². The molecular formula is C15H15NO4S. The number of carboxylic acids is 1. The minimum Gasteiger partial charge on any atom is -0.478 e. The molecule has 0 aliphatic heterocycles. The topological polar surface area (TPSA) is 89.6 Å². The lowest BCUT2D eigenvalue weighted by atomic mass is 9.95. The summed E-state index contributed by atoms with van der Waals surface area (Å²) in [7, 11) is 0. The molecule has 1 atom stereocenters. The standard InChI is InChI=1S/C15H15NO4S/c1-15(21-2,20-14(16)19)12-10-6-4-3-5-9(10)7-8-11(12)13(17)18/h3-8H,1-2H3,(H2,16,19)(H,17,18). The van der Waals surface area contributed by atoms with Gasteiger partial charge in [0.2, 0.25) is 0 Å². The Morgan fingerprint density at radius 3 is 2.48 bits per heavy atom. The summed E-state index contributed by atoms with van der Waals surface area (Å²) in [6.45, 7) is 1.64. The van der Waals surface area contributed by atoms with Crippen LogP contribution < -0.4 is 5.73 Å². The normalized spacial score (nSPS) is 13.6. The number of rotatable bonds is 4. The molecule has 2 aromatic rings. The number of carboxylic acid groups (broad SMARTS) is 1. The fraction of sp³-hybridized carbons (Fsp3) is 0.200. The molecule has 0 bridgehead atoms. The van der Waals surface area contributed by atoms with E-state index in [1.807, 2.05) is 18.2 Å². The number of fused-ring (bicyclic) bond motifs is 1. The number of benzene rings is 2. The van der Waals surface area contributed by atoms with Crippen LogP contribution in [0, 0.1) is 0 Å². The van der Waals surface area contributed by atoms with Gasteiger partial charge in [-0.2, -0.15) is 0 Å². The summed E-state index contributed by atoms with van der Waals surface area (Å²) in [4.78, 5) is 21.6. The predicted molar refractivity (Wildman–Crippen MR) is 82.4 cm³/mol. The van der Waals surface area contributed by atoms with Crippen molar-refractivity contribution in [3.05, 3.63) is 47.5 Å². The van der Waals surface area contributed by atoms with Gasteiger partial charge in [-0.15, -0.1) is 11.8 Å². The van der Waals surface area contributed by atoms with Crippen LogP contribution in [0.3, 0.4) is 0 Å². The number of aromatic carboxylic acids is 1. The van der Waals surface area contributed by atoms with Gasteiger partial charge in [-0.1, -0.05) is 30.3 Å². The Kier molecular flexibility index (Phi) is 4.09. The summed E-state index contributed by atoms with van der Waals surface area (Å²) in [6.07, 6.45) is 0.784. The zero-order valence-corrected chi connectivity index (χ0v) is 12.4. The van der Waals surface area contributed by atoms with Crippen LogP contribution in [0.1, 0.15) is 22.8 Å². The highest BCUT2D eigenvalue weighted by Crippen LogP contribution is 2.41. The maximum Gasteiger partial charge on any atom is 0.406 e. The van der Waals surface area contributed by atoms with E-state index in [1.54, 1.807) is 25.3 Å². The number of amides is 1. The number of carbonyl (C=O) groups excluding carboxylic acids is 1. The van der Waals surface area contributed by atoms with E-state index in [0.29, 0.717) is 5.56 Å². The molecule has 21 heavy (non-hydrogen) atoms. The van der Waals surface area contributed by atoms with Crippen LogP contribution in [0.5, 0.6) is 0 Å². The number of ether oxygens (including phenoxy) is 1. The molecule has 5 nitrogen and oxygen atoms in total. The average molecular weight is 305 g/mol. The van der Waals surface area contributed by atoms with Crippen molar-refractivity contribution in [2.24, 2.45) is 5.73 Å². The van der Waals surface area contributed by atoms with Crippen LogP contribution in [-0.4, -0.2) is 23.4 Å². The summed E-state index contributed by atoms with van der Waals surface area (Å²) in [5, 5.41) is 11.0. The zero-order valence-electron chi connectivity index (χ0n) is 11.6. The summed E-state index contributed by atoms with van der Waals surface area (Å²) in [5.41, 5.74) is 5.66. The van der Waals surface area contributed by atoms with E-state index >= 15 is 0 Å². The molecular weight excluding hydrogens is 290 g/mol. The third-order valence-electron chi connectivity index (χ3n) is 3.30. The van der Waals surface area contributed by atoms with Gasteiger partial charge in [0.05, 0.1) is 5.56 Å². The summed E-state index contributed by atoms with van der Waals surface area (Å²) < 4.78 is 5.21. The van der Waals surface area contributed by atoms with Gasteiger partial charge < -0.3 is 15.6 Å². The Morgan fingerprint density at radius 1 is 1.24 bits per heavy atom. The lowest BCUT2D eigenvalue weighted by molar-refractivity contribution is 0.0675. The molecule has 0 heterocycles. The molecule has 2 rings (SSSR count). The third-order valence-corrected chi connectivity index (χ3v) is 4.36. The van der Waals surface area contributed by atoms with Crippen molar-refractivity contribution in [1.29, 1.82) is 0 Å². The first-order valence-electron chi connectivity index (χ1n) is 6.18. The number of hydrogen-bond donors (Lipinski definition) is 2. The first kappa shape index (κ1) is 15.2. The van der Waals surface area contributed by atoms with Gasteiger partial charge in [-0.05, 0) is 30.0 Å². The monoisotopic (exact) mass is 305 g/mol. The fourth-order valence-corrected chi connectivity index (χ4v) is 2.92. The van der Waals surface area contributed by atoms with E-state index in [9.17, 15) is 14.7 Å². The quantitative estimate of drug-likeness (QED) is 0.847. The van der Waals surface area contributed by atoms with E-state index in [2.05, 4.69) is 0 Å². The molecule has 0 saturated carbocycles. The summed E-state index contributed by atoms with van der Waals surface area (Å²) >= 11 is 1.21. The predicted octanol–water partition coefficient (Wildman–Crippen LogP) is 3.17.